The number of benzene rings is 2. The van der Waals surface area contributed by atoms with Gasteiger partial charge in [0, 0.05) is 48.9 Å². The van der Waals surface area contributed by atoms with Gasteiger partial charge in [-0.3, -0.25) is 4.90 Å². The summed E-state index contributed by atoms with van der Waals surface area (Å²) in [5, 5.41) is 0. The molecule has 0 aliphatic carbocycles. The Hall–Kier alpha value is -2.80. The van der Waals surface area contributed by atoms with Crippen LogP contribution in [0.2, 0.25) is 0 Å². The molecule has 1 aliphatic heterocycles. The molecule has 3 aromatic rings. The molecule has 2 heterocycles. The van der Waals surface area contributed by atoms with E-state index in [1.807, 2.05) is 35.2 Å². The molecular weight excluding hydrogens is 370 g/mol. The Morgan fingerprint density at radius 2 is 1.82 bits per heavy atom. The molecule has 4 rings (SSSR count). The average Bonchev–Trinajstić information content (AvgIpc) is 2.69. The van der Waals surface area contributed by atoms with Crippen molar-refractivity contribution in [2.45, 2.75) is 25.7 Å². The Morgan fingerprint density at radius 1 is 1.04 bits per heavy atom. The quantitative estimate of drug-likeness (QED) is 0.601. The van der Waals surface area contributed by atoms with Gasteiger partial charge in [-0.05, 0) is 12.1 Å². The minimum Gasteiger partial charge on any atom is -0.294 e. The van der Waals surface area contributed by atoms with Crippen LogP contribution in [0.5, 0.6) is 0 Å². The molecule has 2 aromatic carbocycles. The zero-order chi connectivity index (χ0) is 19.7. The summed E-state index contributed by atoms with van der Waals surface area (Å²) in [4.78, 5) is 11.1. The Labute approximate surface area is 159 Å². The van der Waals surface area contributed by atoms with Crippen molar-refractivity contribution in [3.05, 3.63) is 82.9 Å². The van der Waals surface area contributed by atoms with Crippen LogP contribution in [-0.4, -0.2) is 21.4 Å². The third-order valence-corrected chi connectivity index (χ3v) is 4.82. The third kappa shape index (κ3) is 3.89. The second-order valence-corrected chi connectivity index (χ2v) is 6.80. The fourth-order valence-electron chi connectivity index (χ4n) is 3.33. The largest absolute Gasteiger partial charge is 0.416 e. The first kappa shape index (κ1) is 18.6. The van der Waals surface area contributed by atoms with Crippen LogP contribution in [0.3, 0.4) is 0 Å². The number of nitrogens with zero attached hydrogens (tertiary/aromatic N) is 3. The van der Waals surface area contributed by atoms with Crippen molar-refractivity contribution in [1.29, 1.82) is 0 Å². The Balaban J connectivity index is 1.49. The van der Waals surface area contributed by atoms with E-state index in [1.54, 1.807) is 6.20 Å². The minimum atomic E-state index is -4.54. The van der Waals surface area contributed by atoms with Crippen molar-refractivity contribution < 1.29 is 17.6 Å². The van der Waals surface area contributed by atoms with Crippen molar-refractivity contribution in [1.82, 2.24) is 14.9 Å². The number of rotatable bonds is 3. The van der Waals surface area contributed by atoms with Crippen LogP contribution in [0.25, 0.3) is 11.4 Å². The van der Waals surface area contributed by atoms with Gasteiger partial charge < -0.3 is 0 Å². The van der Waals surface area contributed by atoms with Crippen molar-refractivity contribution in [2.75, 3.05) is 6.54 Å². The van der Waals surface area contributed by atoms with Crippen LogP contribution in [0.4, 0.5) is 17.6 Å². The average molecular weight is 387 g/mol. The molecule has 1 aromatic heterocycles. The van der Waals surface area contributed by atoms with Crippen LogP contribution >= 0.6 is 0 Å². The summed E-state index contributed by atoms with van der Waals surface area (Å²) < 4.78 is 52.2. The molecule has 0 amide bonds. The number of hydrogen-bond donors (Lipinski definition) is 0. The van der Waals surface area contributed by atoms with Gasteiger partial charge in [0.1, 0.15) is 5.82 Å². The van der Waals surface area contributed by atoms with Crippen molar-refractivity contribution in [3.8, 4) is 11.4 Å². The highest BCUT2D eigenvalue weighted by atomic mass is 19.4. The Kier molecular flexibility index (Phi) is 4.85. The molecule has 0 saturated carbocycles. The van der Waals surface area contributed by atoms with E-state index in [4.69, 9.17) is 0 Å². The third-order valence-electron chi connectivity index (χ3n) is 4.82. The first-order valence-corrected chi connectivity index (χ1v) is 8.88. The maximum atomic E-state index is 14.1. The van der Waals surface area contributed by atoms with Crippen LogP contribution in [0, 0.1) is 5.82 Å². The molecule has 1 aliphatic rings. The van der Waals surface area contributed by atoms with Gasteiger partial charge in [-0.2, -0.15) is 13.2 Å². The van der Waals surface area contributed by atoms with Gasteiger partial charge in [0.15, 0.2) is 5.82 Å². The van der Waals surface area contributed by atoms with Gasteiger partial charge >= 0.3 is 6.18 Å². The standard InChI is InChI=1S/C21H17F4N3/c22-18-10-17(21(23,24)25)7-6-15(18)12-28-9-8-19-16(13-28)11-26-20(27-19)14-4-2-1-3-5-14/h1-7,10-11H,8-9,12-13H2. The summed E-state index contributed by atoms with van der Waals surface area (Å²) in [6.45, 7) is 1.42. The first-order chi connectivity index (χ1) is 13.4. The lowest BCUT2D eigenvalue weighted by Gasteiger charge is -2.28. The fraction of sp³-hybridized carbons (Fsp3) is 0.238. The Morgan fingerprint density at radius 3 is 2.54 bits per heavy atom. The summed E-state index contributed by atoms with van der Waals surface area (Å²) in [7, 11) is 0. The highest BCUT2D eigenvalue weighted by Gasteiger charge is 2.31. The van der Waals surface area contributed by atoms with Crippen LogP contribution in [0.1, 0.15) is 22.4 Å². The molecule has 0 fully saturated rings. The first-order valence-electron chi connectivity index (χ1n) is 8.88. The second kappa shape index (κ2) is 7.31. The molecule has 7 heteroatoms. The van der Waals surface area contributed by atoms with E-state index < -0.39 is 17.6 Å². The van der Waals surface area contributed by atoms with Crippen molar-refractivity contribution in [2.24, 2.45) is 0 Å². The molecule has 144 valence electrons. The highest BCUT2D eigenvalue weighted by molar-refractivity contribution is 5.54. The lowest BCUT2D eigenvalue weighted by atomic mass is 10.0. The predicted octanol–water partition coefficient (Wildman–Crippen LogP) is 4.86. The van der Waals surface area contributed by atoms with Crippen molar-refractivity contribution in [3.63, 3.8) is 0 Å². The molecule has 0 atom stereocenters. The fourth-order valence-corrected chi connectivity index (χ4v) is 3.33. The smallest absolute Gasteiger partial charge is 0.294 e. The topological polar surface area (TPSA) is 29.0 Å². The maximum Gasteiger partial charge on any atom is 0.416 e. The lowest BCUT2D eigenvalue weighted by Crippen LogP contribution is -2.31. The molecule has 0 bridgehead atoms. The molecular formula is C21H17F4N3. The molecule has 3 nitrogen and oxygen atoms in total. The van der Waals surface area contributed by atoms with E-state index in [2.05, 4.69) is 9.97 Å². The van der Waals surface area contributed by atoms with Gasteiger partial charge in [0.05, 0.1) is 11.3 Å². The predicted molar refractivity (Wildman–Crippen MR) is 96.7 cm³/mol. The highest BCUT2D eigenvalue weighted by Crippen LogP contribution is 2.31. The van der Waals surface area contributed by atoms with E-state index >= 15 is 0 Å². The molecule has 0 unspecified atom stereocenters. The summed E-state index contributed by atoms with van der Waals surface area (Å²) in [6.07, 6.45) is -2.09. The second-order valence-electron chi connectivity index (χ2n) is 6.80. The maximum absolute atomic E-state index is 14.1. The monoisotopic (exact) mass is 387 g/mol. The van der Waals surface area contributed by atoms with Crippen LogP contribution in [-0.2, 0) is 25.7 Å². The van der Waals surface area contributed by atoms with E-state index in [-0.39, 0.29) is 12.1 Å². The van der Waals surface area contributed by atoms with E-state index in [9.17, 15) is 17.6 Å². The number of fused-ring (bicyclic) bond motifs is 1. The van der Waals surface area contributed by atoms with Gasteiger partial charge in [-0.25, -0.2) is 14.4 Å². The zero-order valence-corrected chi connectivity index (χ0v) is 14.9. The van der Waals surface area contributed by atoms with Gasteiger partial charge in [0.25, 0.3) is 0 Å². The SMILES string of the molecule is Fc1cc(C(F)(F)F)ccc1CN1CCc2nc(-c3ccccc3)ncc2C1. The summed E-state index contributed by atoms with van der Waals surface area (Å²) in [5.74, 6) is -0.169. The van der Waals surface area contributed by atoms with E-state index in [0.29, 0.717) is 31.4 Å². The van der Waals surface area contributed by atoms with Gasteiger partial charge in [-0.15, -0.1) is 0 Å². The molecule has 0 radical (unpaired) electrons. The van der Waals surface area contributed by atoms with E-state index in [1.165, 1.54) is 6.07 Å². The number of alkyl halides is 3. The minimum absolute atomic E-state index is 0.240. The van der Waals surface area contributed by atoms with E-state index in [0.717, 1.165) is 22.9 Å². The van der Waals surface area contributed by atoms with Crippen LogP contribution in [0.15, 0.2) is 54.7 Å². The molecule has 0 spiro atoms. The lowest BCUT2D eigenvalue weighted by molar-refractivity contribution is -0.137. The summed E-state index contributed by atoms with van der Waals surface area (Å²) in [5.41, 5.74) is 2.13. The molecule has 28 heavy (non-hydrogen) atoms. The normalized spacial score (nSPS) is 14.7. The van der Waals surface area contributed by atoms with Gasteiger partial charge in [0.2, 0.25) is 0 Å². The molecule has 0 N–H and O–H groups in total. The summed E-state index contributed by atoms with van der Waals surface area (Å²) in [6, 6.07) is 12.4. The summed E-state index contributed by atoms with van der Waals surface area (Å²) >= 11 is 0. The number of hydrogen-bond acceptors (Lipinski definition) is 3. The Bertz CT molecular complexity index is 987. The van der Waals surface area contributed by atoms with Crippen LogP contribution < -0.4 is 0 Å². The number of halogens is 4. The van der Waals surface area contributed by atoms with Crippen molar-refractivity contribution >= 4 is 0 Å². The number of aromatic nitrogens is 2. The zero-order valence-electron chi connectivity index (χ0n) is 14.9. The van der Waals surface area contributed by atoms with Gasteiger partial charge in [-0.1, -0.05) is 36.4 Å². The molecule has 0 saturated heterocycles.